The van der Waals surface area contributed by atoms with E-state index in [0.29, 0.717) is 11.7 Å². The van der Waals surface area contributed by atoms with E-state index in [-0.39, 0.29) is 5.97 Å². The van der Waals surface area contributed by atoms with Gasteiger partial charge in [0.2, 0.25) is 0 Å². The van der Waals surface area contributed by atoms with Crippen LogP contribution in [0.3, 0.4) is 0 Å². The van der Waals surface area contributed by atoms with Gasteiger partial charge in [0.05, 0.1) is 0 Å². The zero-order valence-corrected chi connectivity index (χ0v) is 12.6. The summed E-state index contributed by atoms with van der Waals surface area (Å²) < 4.78 is 5.23. The zero-order valence-electron chi connectivity index (χ0n) is 12.6. The molecule has 1 atom stereocenters. The number of carbonyl (C=O) groups excluding carboxylic acids is 1. The van der Waals surface area contributed by atoms with E-state index in [0.717, 1.165) is 18.4 Å². The van der Waals surface area contributed by atoms with E-state index in [1.165, 1.54) is 18.1 Å². The molecule has 0 aliphatic heterocycles. The Balaban J connectivity index is 2.77. The number of aryl methyl sites for hydroxylation is 1. The molecule has 0 saturated carbocycles. The molecule has 2 nitrogen and oxygen atoms in total. The van der Waals surface area contributed by atoms with Gasteiger partial charge in [-0.15, -0.1) is 0 Å². The van der Waals surface area contributed by atoms with Crippen LogP contribution in [0, 0.1) is 6.92 Å². The quantitative estimate of drug-likeness (QED) is 0.433. The lowest BCUT2D eigenvalue weighted by atomic mass is 9.94. The highest BCUT2D eigenvalue weighted by atomic mass is 16.5. The molecule has 0 radical (unpaired) electrons. The van der Waals surface area contributed by atoms with Crippen LogP contribution in [-0.4, -0.2) is 5.97 Å². The molecule has 0 N–H and O–H groups in total. The molecule has 2 heteroatoms. The third-order valence-corrected chi connectivity index (χ3v) is 3.19. The highest BCUT2D eigenvalue weighted by Crippen LogP contribution is 2.27. The summed E-state index contributed by atoms with van der Waals surface area (Å²) in [6.45, 7) is 9.84. The molecular weight excluding hydrogens is 236 g/mol. The Morgan fingerprint density at radius 1 is 1.32 bits per heavy atom. The molecule has 0 heterocycles. The molecule has 0 aromatic heterocycles. The summed E-state index contributed by atoms with van der Waals surface area (Å²) in [7, 11) is 0. The van der Waals surface area contributed by atoms with Crippen LogP contribution in [0.15, 0.2) is 29.8 Å². The number of benzene rings is 1. The first-order chi connectivity index (χ1) is 8.90. The predicted octanol–water partition coefficient (Wildman–Crippen LogP) is 4.77. The van der Waals surface area contributed by atoms with Crippen molar-refractivity contribution in [3.63, 3.8) is 0 Å². The molecule has 0 aliphatic carbocycles. The molecular formula is C17H24O2. The van der Waals surface area contributed by atoms with Gasteiger partial charge in [0.1, 0.15) is 5.75 Å². The number of rotatable bonds is 5. The third kappa shape index (κ3) is 5.29. The number of carbonyl (C=O) groups is 1. The van der Waals surface area contributed by atoms with Crippen LogP contribution >= 0.6 is 0 Å². The molecule has 1 aromatic rings. The maximum Gasteiger partial charge on any atom is 0.308 e. The van der Waals surface area contributed by atoms with Crippen molar-refractivity contribution in [3.05, 3.63) is 41.0 Å². The van der Waals surface area contributed by atoms with Crippen molar-refractivity contribution >= 4 is 5.97 Å². The lowest BCUT2D eigenvalue weighted by Gasteiger charge is -2.13. The highest BCUT2D eigenvalue weighted by Gasteiger charge is 2.09. The molecule has 19 heavy (non-hydrogen) atoms. The minimum absolute atomic E-state index is 0.266. The van der Waals surface area contributed by atoms with E-state index in [2.05, 4.69) is 32.9 Å². The molecule has 0 amide bonds. The summed E-state index contributed by atoms with van der Waals surface area (Å²) in [4.78, 5) is 11.1. The van der Waals surface area contributed by atoms with E-state index in [1.807, 2.05) is 19.1 Å². The van der Waals surface area contributed by atoms with E-state index in [1.54, 1.807) is 0 Å². The van der Waals surface area contributed by atoms with Crippen molar-refractivity contribution in [2.75, 3.05) is 0 Å². The van der Waals surface area contributed by atoms with Crippen LogP contribution in [0.25, 0.3) is 0 Å². The number of hydrogen-bond acceptors (Lipinski definition) is 2. The Bertz CT molecular complexity index is 468. The number of hydrogen-bond donors (Lipinski definition) is 0. The van der Waals surface area contributed by atoms with Gasteiger partial charge >= 0.3 is 5.97 Å². The first-order valence-corrected chi connectivity index (χ1v) is 6.82. The first-order valence-electron chi connectivity index (χ1n) is 6.82. The standard InChI is InChI=1S/C17H24O2/c1-12(2)7-6-8-13(3)16-10-9-14(4)17(11-16)19-15(5)18/h7,9-11,13H,6,8H2,1-5H3. The van der Waals surface area contributed by atoms with Crippen molar-refractivity contribution in [1.82, 2.24) is 0 Å². The zero-order chi connectivity index (χ0) is 14.4. The Kier molecular flexibility index (Phi) is 5.81. The van der Waals surface area contributed by atoms with Crippen molar-refractivity contribution < 1.29 is 9.53 Å². The third-order valence-electron chi connectivity index (χ3n) is 3.19. The van der Waals surface area contributed by atoms with Gasteiger partial charge in [-0.25, -0.2) is 0 Å². The second kappa shape index (κ2) is 7.13. The van der Waals surface area contributed by atoms with Gasteiger partial charge in [-0.3, -0.25) is 4.79 Å². The van der Waals surface area contributed by atoms with Crippen molar-refractivity contribution in [1.29, 1.82) is 0 Å². The maximum absolute atomic E-state index is 11.1. The monoisotopic (exact) mass is 260 g/mol. The van der Waals surface area contributed by atoms with Gasteiger partial charge < -0.3 is 4.74 Å². The fourth-order valence-corrected chi connectivity index (χ4v) is 1.98. The Labute approximate surface area is 116 Å². The fourth-order valence-electron chi connectivity index (χ4n) is 1.98. The lowest BCUT2D eigenvalue weighted by molar-refractivity contribution is -0.131. The van der Waals surface area contributed by atoms with Gasteiger partial charge in [-0.1, -0.05) is 30.7 Å². The Morgan fingerprint density at radius 3 is 2.58 bits per heavy atom. The van der Waals surface area contributed by atoms with Crippen LogP contribution in [-0.2, 0) is 4.79 Å². The summed E-state index contributed by atoms with van der Waals surface area (Å²) in [5, 5.41) is 0. The van der Waals surface area contributed by atoms with Crippen LogP contribution < -0.4 is 4.74 Å². The summed E-state index contributed by atoms with van der Waals surface area (Å²) in [5.41, 5.74) is 3.58. The lowest BCUT2D eigenvalue weighted by Crippen LogP contribution is -2.04. The maximum atomic E-state index is 11.1. The number of ether oxygens (including phenoxy) is 1. The smallest absolute Gasteiger partial charge is 0.308 e. The minimum atomic E-state index is -0.266. The molecule has 1 aromatic carbocycles. The van der Waals surface area contributed by atoms with Gasteiger partial charge in [0.15, 0.2) is 0 Å². The van der Waals surface area contributed by atoms with Gasteiger partial charge in [-0.05, 0) is 56.7 Å². The molecule has 104 valence electrons. The highest BCUT2D eigenvalue weighted by molar-refractivity contribution is 5.69. The van der Waals surface area contributed by atoms with Crippen LogP contribution in [0.1, 0.15) is 57.6 Å². The van der Waals surface area contributed by atoms with E-state index >= 15 is 0 Å². The topological polar surface area (TPSA) is 26.3 Å². The van der Waals surface area contributed by atoms with Crippen molar-refractivity contribution in [2.24, 2.45) is 0 Å². The van der Waals surface area contributed by atoms with Crippen molar-refractivity contribution in [2.45, 2.75) is 53.4 Å². The molecule has 1 rings (SSSR count). The molecule has 1 unspecified atom stereocenters. The largest absolute Gasteiger partial charge is 0.426 e. The van der Waals surface area contributed by atoms with Crippen LogP contribution in [0.4, 0.5) is 0 Å². The molecule has 0 fully saturated rings. The minimum Gasteiger partial charge on any atom is -0.426 e. The predicted molar refractivity (Wildman–Crippen MR) is 79.6 cm³/mol. The SMILES string of the molecule is CC(=O)Oc1cc(C(C)CCC=C(C)C)ccc1C. The molecule has 0 bridgehead atoms. The number of esters is 1. The Morgan fingerprint density at radius 2 is 2.00 bits per heavy atom. The molecule has 0 aliphatic rings. The number of allylic oxidation sites excluding steroid dienone is 2. The second-order valence-electron chi connectivity index (χ2n) is 5.38. The van der Waals surface area contributed by atoms with E-state index < -0.39 is 0 Å². The summed E-state index contributed by atoms with van der Waals surface area (Å²) in [5.74, 6) is 0.877. The molecule has 0 saturated heterocycles. The first kappa shape index (κ1) is 15.5. The van der Waals surface area contributed by atoms with Crippen molar-refractivity contribution in [3.8, 4) is 5.75 Å². The Hall–Kier alpha value is -1.57. The van der Waals surface area contributed by atoms with Gasteiger partial charge in [0, 0.05) is 6.92 Å². The fraction of sp³-hybridized carbons (Fsp3) is 0.471. The van der Waals surface area contributed by atoms with Gasteiger partial charge in [0.25, 0.3) is 0 Å². The summed E-state index contributed by atoms with van der Waals surface area (Å²) in [6, 6.07) is 6.13. The van der Waals surface area contributed by atoms with E-state index in [4.69, 9.17) is 4.74 Å². The average molecular weight is 260 g/mol. The van der Waals surface area contributed by atoms with Gasteiger partial charge in [-0.2, -0.15) is 0 Å². The van der Waals surface area contributed by atoms with E-state index in [9.17, 15) is 4.79 Å². The second-order valence-corrected chi connectivity index (χ2v) is 5.38. The van der Waals surface area contributed by atoms with Crippen LogP contribution in [0.2, 0.25) is 0 Å². The molecule has 0 spiro atoms. The summed E-state index contributed by atoms with van der Waals surface area (Å²) in [6.07, 6.45) is 4.45. The normalized spacial score (nSPS) is 11.8. The average Bonchev–Trinajstić information content (AvgIpc) is 2.30. The summed E-state index contributed by atoms with van der Waals surface area (Å²) >= 11 is 0. The van der Waals surface area contributed by atoms with Crippen LogP contribution in [0.5, 0.6) is 5.75 Å².